The summed E-state index contributed by atoms with van der Waals surface area (Å²) in [7, 11) is 0. The number of hydrogen-bond acceptors (Lipinski definition) is 6. The lowest BCUT2D eigenvalue weighted by Crippen LogP contribution is -2.61. The van der Waals surface area contributed by atoms with Gasteiger partial charge in [0, 0.05) is 18.8 Å². The molecule has 0 aromatic heterocycles. The van der Waals surface area contributed by atoms with Gasteiger partial charge in [0.05, 0.1) is 12.1 Å². The average Bonchev–Trinajstić information content (AvgIpc) is 2.82. The van der Waals surface area contributed by atoms with Crippen molar-refractivity contribution in [1.29, 1.82) is 5.26 Å². The Kier molecular flexibility index (Phi) is 7.91. The van der Waals surface area contributed by atoms with Crippen LogP contribution in [0, 0.1) is 17.1 Å². The molecule has 3 amide bonds. The maximum Gasteiger partial charge on any atom is 0.410 e. The number of nitriles is 1. The summed E-state index contributed by atoms with van der Waals surface area (Å²) in [5.74, 6) is -1.43. The van der Waals surface area contributed by atoms with E-state index in [1.54, 1.807) is 39.0 Å². The summed E-state index contributed by atoms with van der Waals surface area (Å²) >= 11 is 0. The summed E-state index contributed by atoms with van der Waals surface area (Å²) in [6, 6.07) is 13.3. The predicted molar refractivity (Wildman–Crippen MR) is 125 cm³/mol. The highest BCUT2D eigenvalue weighted by molar-refractivity contribution is 5.97. The Morgan fingerprint density at radius 3 is 2.46 bits per heavy atom. The number of nitrogens with zero attached hydrogens (tertiary/aromatic N) is 3. The lowest BCUT2D eigenvalue weighted by molar-refractivity contribution is -0.122. The molecule has 1 N–H and O–H groups in total. The van der Waals surface area contributed by atoms with Crippen molar-refractivity contribution in [2.45, 2.75) is 39.0 Å². The van der Waals surface area contributed by atoms with Crippen molar-refractivity contribution in [3.63, 3.8) is 0 Å². The Labute approximate surface area is 203 Å². The first kappa shape index (κ1) is 25.5. The fourth-order valence-corrected chi connectivity index (χ4v) is 3.43. The monoisotopic (exact) mass is 482 g/mol. The number of carbonyl (C=O) groups is 3. The Bertz CT molecular complexity index is 1130. The minimum Gasteiger partial charge on any atom is -0.445 e. The Morgan fingerprint density at radius 1 is 1.11 bits per heavy atom. The average molecular weight is 483 g/mol. The molecular formula is C25H27FN4O5. The molecule has 1 aliphatic rings. The van der Waals surface area contributed by atoms with Crippen molar-refractivity contribution in [3.05, 3.63) is 65.5 Å². The summed E-state index contributed by atoms with van der Waals surface area (Å²) in [6.45, 7) is 5.24. The van der Waals surface area contributed by atoms with Crippen LogP contribution in [0.1, 0.15) is 31.9 Å². The fraction of sp³-hybridized carbons (Fsp3) is 0.360. The van der Waals surface area contributed by atoms with Gasteiger partial charge < -0.3 is 19.7 Å². The number of piperazine rings is 1. The van der Waals surface area contributed by atoms with E-state index in [9.17, 15) is 18.8 Å². The first-order valence-electron chi connectivity index (χ1n) is 11.0. The number of carbonyl (C=O) groups excluding carboxylic acids is 3. The first-order chi connectivity index (χ1) is 16.6. The van der Waals surface area contributed by atoms with Gasteiger partial charge in [-0.15, -0.1) is 0 Å². The van der Waals surface area contributed by atoms with Crippen LogP contribution >= 0.6 is 0 Å². The zero-order chi connectivity index (χ0) is 25.6. The molecule has 0 spiro atoms. The molecule has 2 aromatic rings. The SMILES string of the molecule is CC(C)(C)OC(=O)N1CCN(C(=O)OCc2ccccc2)C(C(=O)Nc2ccc(C#N)c(F)c2)C1. The predicted octanol–water partition coefficient (Wildman–Crippen LogP) is 3.89. The summed E-state index contributed by atoms with van der Waals surface area (Å²) in [5, 5.41) is 11.5. The molecular weight excluding hydrogens is 455 g/mol. The molecule has 3 rings (SSSR count). The van der Waals surface area contributed by atoms with E-state index in [1.165, 1.54) is 21.9 Å². The Balaban J connectivity index is 1.77. The number of halogens is 1. The molecule has 1 heterocycles. The number of hydrogen-bond donors (Lipinski definition) is 1. The van der Waals surface area contributed by atoms with Gasteiger partial charge in [-0.3, -0.25) is 9.69 Å². The molecule has 0 saturated carbocycles. The van der Waals surface area contributed by atoms with Crippen LogP contribution in [-0.2, 0) is 20.9 Å². The van der Waals surface area contributed by atoms with Crippen LogP contribution in [0.2, 0.25) is 0 Å². The zero-order valence-electron chi connectivity index (χ0n) is 19.8. The molecule has 184 valence electrons. The Morgan fingerprint density at radius 2 is 1.83 bits per heavy atom. The number of ether oxygens (including phenoxy) is 2. The standard InChI is InChI=1S/C25H27FN4O5/c1-25(2,3)35-23(32)29-11-12-30(24(33)34-16-17-7-5-4-6-8-17)21(15-29)22(31)28-19-10-9-18(14-27)20(26)13-19/h4-10,13,21H,11-12,15-16H2,1-3H3,(H,28,31). The smallest absolute Gasteiger partial charge is 0.410 e. The number of rotatable bonds is 4. The third-order valence-corrected chi connectivity index (χ3v) is 5.13. The molecule has 2 aromatic carbocycles. The van der Waals surface area contributed by atoms with Crippen LogP contribution in [0.5, 0.6) is 0 Å². The molecule has 35 heavy (non-hydrogen) atoms. The second-order valence-electron chi connectivity index (χ2n) is 8.97. The molecule has 1 unspecified atom stereocenters. The molecule has 1 atom stereocenters. The highest BCUT2D eigenvalue weighted by Crippen LogP contribution is 2.19. The van der Waals surface area contributed by atoms with Crippen molar-refractivity contribution >= 4 is 23.8 Å². The van der Waals surface area contributed by atoms with E-state index in [0.717, 1.165) is 11.6 Å². The van der Waals surface area contributed by atoms with E-state index >= 15 is 0 Å². The molecule has 0 radical (unpaired) electrons. The summed E-state index contributed by atoms with van der Waals surface area (Å²) < 4.78 is 24.8. The second kappa shape index (κ2) is 10.9. The molecule has 1 saturated heterocycles. The van der Waals surface area contributed by atoms with Crippen LogP contribution < -0.4 is 5.32 Å². The number of amides is 3. The van der Waals surface area contributed by atoms with Crippen LogP contribution in [0.25, 0.3) is 0 Å². The summed E-state index contributed by atoms with van der Waals surface area (Å²) in [6.07, 6.45) is -1.33. The summed E-state index contributed by atoms with van der Waals surface area (Å²) in [4.78, 5) is 41.2. The highest BCUT2D eigenvalue weighted by Gasteiger charge is 2.39. The lowest BCUT2D eigenvalue weighted by atomic mass is 10.1. The molecule has 9 nitrogen and oxygen atoms in total. The Hall–Kier alpha value is -4.13. The molecule has 0 bridgehead atoms. The van der Waals surface area contributed by atoms with Crippen LogP contribution in [0.3, 0.4) is 0 Å². The van der Waals surface area contributed by atoms with Crippen LogP contribution in [-0.4, -0.2) is 59.2 Å². The van der Waals surface area contributed by atoms with Gasteiger partial charge >= 0.3 is 12.2 Å². The fourth-order valence-electron chi connectivity index (χ4n) is 3.43. The maximum atomic E-state index is 14.0. The number of benzene rings is 2. The topological polar surface area (TPSA) is 112 Å². The molecule has 10 heteroatoms. The molecule has 0 aliphatic carbocycles. The third-order valence-electron chi connectivity index (χ3n) is 5.13. The largest absolute Gasteiger partial charge is 0.445 e. The third kappa shape index (κ3) is 6.93. The normalized spacial score (nSPS) is 15.7. The lowest BCUT2D eigenvalue weighted by Gasteiger charge is -2.40. The zero-order valence-corrected chi connectivity index (χ0v) is 19.8. The minimum absolute atomic E-state index is 0.0150. The van der Waals surface area contributed by atoms with E-state index < -0.39 is 35.6 Å². The van der Waals surface area contributed by atoms with Crippen molar-refractivity contribution in [2.24, 2.45) is 0 Å². The highest BCUT2D eigenvalue weighted by atomic mass is 19.1. The van der Waals surface area contributed by atoms with Gasteiger partial charge in [0.2, 0.25) is 5.91 Å². The second-order valence-corrected chi connectivity index (χ2v) is 8.97. The van der Waals surface area contributed by atoms with Crippen LogP contribution in [0.4, 0.5) is 19.7 Å². The van der Waals surface area contributed by atoms with E-state index in [-0.39, 0.29) is 37.5 Å². The molecule has 1 fully saturated rings. The van der Waals surface area contributed by atoms with Gasteiger partial charge in [0.1, 0.15) is 30.1 Å². The first-order valence-corrected chi connectivity index (χ1v) is 11.0. The quantitative estimate of drug-likeness (QED) is 0.708. The van der Waals surface area contributed by atoms with E-state index in [1.807, 2.05) is 18.2 Å². The van der Waals surface area contributed by atoms with Gasteiger partial charge in [-0.25, -0.2) is 14.0 Å². The van der Waals surface area contributed by atoms with E-state index in [2.05, 4.69) is 5.32 Å². The van der Waals surface area contributed by atoms with Gasteiger partial charge in [-0.05, 0) is 44.5 Å². The van der Waals surface area contributed by atoms with Crippen molar-refractivity contribution in [1.82, 2.24) is 9.80 Å². The maximum absolute atomic E-state index is 14.0. The van der Waals surface area contributed by atoms with Gasteiger partial charge in [-0.2, -0.15) is 5.26 Å². The van der Waals surface area contributed by atoms with Gasteiger partial charge in [-0.1, -0.05) is 30.3 Å². The van der Waals surface area contributed by atoms with E-state index in [0.29, 0.717) is 0 Å². The van der Waals surface area contributed by atoms with Gasteiger partial charge in [0.25, 0.3) is 0 Å². The van der Waals surface area contributed by atoms with Gasteiger partial charge in [0.15, 0.2) is 0 Å². The van der Waals surface area contributed by atoms with E-state index in [4.69, 9.17) is 14.7 Å². The number of anilines is 1. The number of nitrogens with one attached hydrogen (secondary N) is 1. The minimum atomic E-state index is -1.11. The van der Waals surface area contributed by atoms with Crippen molar-refractivity contribution in [3.8, 4) is 6.07 Å². The van der Waals surface area contributed by atoms with Crippen LogP contribution in [0.15, 0.2) is 48.5 Å². The summed E-state index contributed by atoms with van der Waals surface area (Å²) in [5.41, 5.74) is -0.00989. The molecule has 1 aliphatic heterocycles. The van der Waals surface area contributed by atoms with Crippen molar-refractivity contribution in [2.75, 3.05) is 25.0 Å². The van der Waals surface area contributed by atoms with Crippen molar-refractivity contribution < 1.29 is 28.2 Å².